The molecule has 36 heavy (non-hydrogen) atoms. The fraction of sp³-hybridized carbons (Fsp3) is 0.321. The first-order valence-corrected chi connectivity index (χ1v) is 12.2. The van der Waals surface area contributed by atoms with Crippen molar-refractivity contribution in [3.8, 4) is 0 Å². The summed E-state index contributed by atoms with van der Waals surface area (Å²) in [6, 6.07) is 21.9. The molecule has 0 bridgehead atoms. The normalized spacial score (nSPS) is 19.3. The number of benzene rings is 2. The smallest absolute Gasteiger partial charge is 0.308 e. The number of esters is 1. The van der Waals surface area contributed by atoms with Gasteiger partial charge in [0, 0.05) is 18.8 Å². The molecule has 186 valence electrons. The van der Waals surface area contributed by atoms with E-state index >= 15 is 0 Å². The van der Waals surface area contributed by atoms with E-state index in [0.717, 1.165) is 11.3 Å². The number of carbonyl (C=O) groups is 3. The van der Waals surface area contributed by atoms with Crippen LogP contribution in [0.25, 0.3) is 0 Å². The van der Waals surface area contributed by atoms with E-state index in [1.807, 2.05) is 60.7 Å². The molecule has 5 rings (SSSR count). The van der Waals surface area contributed by atoms with Gasteiger partial charge in [-0.05, 0) is 42.7 Å². The second-order valence-corrected chi connectivity index (χ2v) is 9.23. The van der Waals surface area contributed by atoms with Gasteiger partial charge in [0.15, 0.2) is 0 Å². The van der Waals surface area contributed by atoms with Gasteiger partial charge < -0.3 is 24.3 Å². The first-order valence-electron chi connectivity index (χ1n) is 12.2. The number of piperazine rings is 1. The number of amides is 2. The highest BCUT2D eigenvalue weighted by Gasteiger charge is 2.54. The van der Waals surface area contributed by atoms with Crippen molar-refractivity contribution in [2.75, 3.05) is 18.0 Å². The van der Waals surface area contributed by atoms with Gasteiger partial charge in [0.25, 0.3) is 0 Å². The van der Waals surface area contributed by atoms with Crippen LogP contribution in [0.5, 0.6) is 0 Å². The van der Waals surface area contributed by atoms with Crippen LogP contribution in [0.2, 0.25) is 0 Å². The van der Waals surface area contributed by atoms with Crippen LogP contribution in [0.1, 0.15) is 30.6 Å². The van der Waals surface area contributed by atoms with E-state index in [1.54, 1.807) is 23.3 Å². The van der Waals surface area contributed by atoms with Crippen molar-refractivity contribution >= 4 is 23.5 Å². The second-order valence-electron chi connectivity index (χ2n) is 9.23. The maximum Gasteiger partial charge on any atom is 0.308 e. The molecule has 2 aliphatic rings. The molecule has 1 atom stereocenters. The van der Waals surface area contributed by atoms with Crippen molar-refractivity contribution in [1.82, 2.24) is 10.2 Å². The number of nitrogens with zero attached hydrogens (tertiary/aromatic N) is 2. The number of anilines is 1. The van der Waals surface area contributed by atoms with Crippen LogP contribution in [-0.4, -0.2) is 47.4 Å². The lowest BCUT2D eigenvalue weighted by Crippen LogP contribution is -2.72. The van der Waals surface area contributed by atoms with Crippen molar-refractivity contribution < 1.29 is 23.5 Å². The Balaban J connectivity index is 1.31. The molecule has 2 aromatic carbocycles. The highest BCUT2D eigenvalue weighted by atomic mass is 16.5. The Labute approximate surface area is 209 Å². The highest BCUT2D eigenvalue weighted by molar-refractivity contribution is 6.01. The molecule has 8 heteroatoms. The molecule has 0 radical (unpaired) electrons. The van der Waals surface area contributed by atoms with Gasteiger partial charge in [0.05, 0.1) is 19.2 Å². The predicted molar refractivity (Wildman–Crippen MR) is 133 cm³/mol. The number of furan rings is 1. The first-order chi connectivity index (χ1) is 17.5. The molecule has 3 aromatic rings. The minimum atomic E-state index is -1.00. The highest BCUT2D eigenvalue weighted by Crippen LogP contribution is 2.36. The number of carbonyl (C=O) groups excluding carboxylic acids is 3. The Morgan fingerprint density at radius 2 is 1.67 bits per heavy atom. The third-order valence-electron chi connectivity index (χ3n) is 7.03. The fourth-order valence-electron chi connectivity index (χ4n) is 5.04. The van der Waals surface area contributed by atoms with Gasteiger partial charge in [-0.15, -0.1) is 0 Å². The summed E-state index contributed by atoms with van der Waals surface area (Å²) in [7, 11) is 0. The number of piperidine rings is 1. The van der Waals surface area contributed by atoms with E-state index in [-0.39, 0.29) is 31.4 Å². The number of ether oxygens (including phenoxy) is 1. The maximum atomic E-state index is 13.7. The molecule has 2 fully saturated rings. The number of hydrogen-bond acceptors (Lipinski definition) is 6. The molecule has 3 heterocycles. The van der Waals surface area contributed by atoms with E-state index < -0.39 is 17.6 Å². The summed E-state index contributed by atoms with van der Waals surface area (Å²) >= 11 is 0. The van der Waals surface area contributed by atoms with Crippen molar-refractivity contribution in [3.05, 3.63) is 90.4 Å². The predicted octanol–water partition coefficient (Wildman–Crippen LogP) is 3.28. The van der Waals surface area contributed by atoms with Gasteiger partial charge >= 0.3 is 5.97 Å². The van der Waals surface area contributed by atoms with Gasteiger partial charge in [0.1, 0.15) is 23.9 Å². The number of hydrogen-bond donors (Lipinski definition) is 1. The lowest BCUT2D eigenvalue weighted by molar-refractivity contribution is -0.163. The summed E-state index contributed by atoms with van der Waals surface area (Å²) < 4.78 is 10.9. The summed E-state index contributed by atoms with van der Waals surface area (Å²) in [4.78, 5) is 43.6. The molecule has 0 saturated carbocycles. The third-order valence-corrected chi connectivity index (χ3v) is 7.03. The van der Waals surface area contributed by atoms with E-state index in [0.29, 0.717) is 31.7 Å². The quantitative estimate of drug-likeness (QED) is 0.515. The Morgan fingerprint density at radius 3 is 2.33 bits per heavy atom. The average Bonchev–Trinajstić information content (AvgIpc) is 3.44. The van der Waals surface area contributed by atoms with Crippen LogP contribution in [0.4, 0.5) is 5.69 Å². The lowest BCUT2D eigenvalue weighted by atomic mass is 9.81. The topological polar surface area (TPSA) is 92.1 Å². The molecule has 1 spiro atoms. The maximum absolute atomic E-state index is 13.7. The Hall–Kier alpha value is -4.07. The SMILES string of the molecule is O=C(CC1NC(=O)C2(CCN(c3ccccc3)CC2)N(Cc2ccco2)C1=O)OCc1ccccc1. The largest absolute Gasteiger partial charge is 0.467 e. The van der Waals surface area contributed by atoms with Crippen molar-refractivity contribution in [2.24, 2.45) is 0 Å². The zero-order valence-corrected chi connectivity index (χ0v) is 20.0. The zero-order chi connectivity index (χ0) is 25.0. The summed E-state index contributed by atoms with van der Waals surface area (Å²) in [5.41, 5.74) is 0.944. The summed E-state index contributed by atoms with van der Waals surface area (Å²) in [5, 5.41) is 2.84. The van der Waals surface area contributed by atoms with Crippen LogP contribution in [0.3, 0.4) is 0 Å². The minimum absolute atomic E-state index is 0.115. The van der Waals surface area contributed by atoms with E-state index in [4.69, 9.17) is 9.15 Å². The molecular weight excluding hydrogens is 458 g/mol. The van der Waals surface area contributed by atoms with Gasteiger partial charge in [-0.3, -0.25) is 14.4 Å². The fourth-order valence-corrected chi connectivity index (χ4v) is 5.04. The summed E-state index contributed by atoms with van der Waals surface area (Å²) in [6.07, 6.45) is 2.28. The first kappa shape index (κ1) is 23.7. The van der Waals surface area contributed by atoms with Crippen molar-refractivity contribution in [2.45, 2.75) is 44.0 Å². The average molecular weight is 488 g/mol. The minimum Gasteiger partial charge on any atom is -0.467 e. The Kier molecular flexibility index (Phi) is 6.75. The number of rotatable bonds is 7. The molecular formula is C28H29N3O5. The zero-order valence-electron chi connectivity index (χ0n) is 20.0. The number of para-hydroxylation sites is 1. The standard InChI is InChI=1S/C28H29N3O5/c32-25(36-20-21-8-3-1-4-9-21)18-24-26(33)31(19-23-12-7-17-35-23)28(27(34)29-24)13-15-30(16-14-28)22-10-5-2-6-11-22/h1-12,17,24H,13-16,18-20H2,(H,29,34). The lowest BCUT2D eigenvalue weighted by Gasteiger charge is -2.51. The molecule has 1 aromatic heterocycles. The van der Waals surface area contributed by atoms with Crippen LogP contribution < -0.4 is 10.2 Å². The third kappa shape index (κ3) is 4.84. The molecule has 1 unspecified atom stereocenters. The molecule has 1 N–H and O–H groups in total. The monoisotopic (exact) mass is 487 g/mol. The second kappa shape index (κ2) is 10.3. The van der Waals surface area contributed by atoms with E-state index in [9.17, 15) is 14.4 Å². The molecule has 2 aliphatic heterocycles. The Bertz CT molecular complexity index is 1190. The molecule has 2 saturated heterocycles. The Morgan fingerprint density at radius 1 is 0.972 bits per heavy atom. The molecule has 8 nitrogen and oxygen atoms in total. The van der Waals surface area contributed by atoms with Crippen LogP contribution in [0, 0.1) is 0 Å². The van der Waals surface area contributed by atoms with Crippen molar-refractivity contribution in [3.63, 3.8) is 0 Å². The van der Waals surface area contributed by atoms with Gasteiger partial charge in [-0.1, -0.05) is 48.5 Å². The van der Waals surface area contributed by atoms with Gasteiger partial charge in [-0.25, -0.2) is 0 Å². The van der Waals surface area contributed by atoms with Crippen LogP contribution in [-0.2, 0) is 32.3 Å². The van der Waals surface area contributed by atoms with Gasteiger partial charge in [0.2, 0.25) is 11.8 Å². The van der Waals surface area contributed by atoms with Crippen LogP contribution >= 0.6 is 0 Å². The van der Waals surface area contributed by atoms with Crippen molar-refractivity contribution in [1.29, 1.82) is 0 Å². The molecule has 2 amide bonds. The van der Waals surface area contributed by atoms with E-state index in [2.05, 4.69) is 10.2 Å². The van der Waals surface area contributed by atoms with Crippen LogP contribution in [0.15, 0.2) is 83.5 Å². The summed E-state index contributed by atoms with van der Waals surface area (Å²) in [6.45, 7) is 1.54. The molecule has 0 aliphatic carbocycles. The summed E-state index contributed by atoms with van der Waals surface area (Å²) in [5.74, 6) is -0.475. The van der Waals surface area contributed by atoms with E-state index in [1.165, 1.54) is 0 Å². The number of nitrogens with one attached hydrogen (secondary N) is 1. The van der Waals surface area contributed by atoms with Gasteiger partial charge in [-0.2, -0.15) is 0 Å².